The lowest BCUT2D eigenvalue weighted by Crippen LogP contribution is -2.36. The van der Waals surface area contributed by atoms with Crippen LogP contribution in [0.2, 0.25) is 0 Å². The molecule has 0 radical (unpaired) electrons. The summed E-state index contributed by atoms with van der Waals surface area (Å²) in [6, 6.07) is 5.79. The number of hydrogen-bond donors (Lipinski definition) is 1. The van der Waals surface area contributed by atoms with Gasteiger partial charge in [-0.15, -0.1) is 0 Å². The average molecular weight is 245 g/mol. The Hall–Kier alpha value is -1.60. The second-order valence-corrected chi connectivity index (χ2v) is 5.09. The summed E-state index contributed by atoms with van der Waals surface area (Å²) in [7, 11) is 0. The van der Waals surface area contributed by atoms with Gasteiger partial charge in [0.05, 0.1) is 0 Å². The largest absolute Gasteiger partial charge is 0.317 e. The van der Waals surface area contributed by atoms with E-state index in [9.17, 15) is 4.79 Å². The first-order valence-corrected chi connectivity index (χ1v) is 6.51. The molecule has 4 heteroatoms. The first-order chi connectivity index (χ1) is 8.65. The van der Waals surface area contributed by atoms with Gasteiger partial charge < -0.3 is 9.88 Å². The van der Waals surface area contributed by atoms with E-state index in [0.29, 0.717) is 5.92 Å². The van der Waals surface area contributed by atoms with E-state index in [2.05, 4.69) is 19.2 Å². The van der Waals surface area contributed by atoms with Crippen molar-refractivity contribution in [3.05, 3.63) is 33.7 Å². The van der Waals surface area contributed by atoms with Crippen molar-refractivity contribution in [2.75, 3.05) is 13.1 Å². The fraction of sp³-hybridized carbons (Fsp3) is 0.571. The van der Waals surface area contributed by atoms with Gasteiger partial charge in [0, 0.05) is 11.7 Å². The van der Waals surface area contributed by atoms with E-state index < -0.39 is 0 Å². The zero-order chi connectivity index (χ0) is 13.1. The standard InChI is InChI=1S/C14H19N3O/c1-10(2)13-4-3-11(9-15)14(18)17(13)12-5-7-16-8-6-12/h3-4,10,12,16H,5-8H2,1-2H3. The highest BCUT2D eigenvalue weighted by molar-refractivity contribution is 5.29. The lowest BCUT2D eigenvalue weighted by Gasteiger charge is -2.28. The van der Waals surface area contributed by atoms with Crippen molar-refractivity contribution in [3.8, 4) is 6.07 Å². The summed E-state index contributed by atoms with van der Waals surface area (Å²) in [5, 5.41) is 12.3. The highest BCUT2D eigenvalue weighted by Crippen LogP contribution is 2.23. The smallest absolute Gasteiger partial charge is 0.268 e. The molecule has 1 aromatic heterocycles. The average Bonchev–Trinajstić information content (AvgIpc) is 2.39. The Labute approximate surface area is 107 Å². The minimum absolute atomic E-state index is 0.129. The Bertz CT molecular complexity index is 519. The summed E-state index contributed by atoms with van der Waals surface area (Å²) in [6.07, 6.45) is 1.91. The number of pyridine rings is 1. The third kappa shape index (κ3) is 2.32. The molecule has 2 rings (SSSR count). The third-order valence-electron chi connectivity index (χ3n) is 3.53. The van der Waals surface area contributed by atoms with Crippen LogP contribution in [0.25, 0.3) is 0 Å². The topological polar surface area (TPSA) is 57.8 Å². The van der Waals surface area contributed by atoms with Gasteiger partial charge in [0.15, 0.2) is 0 Å². The van der Waals surface area contributed by atoms with Crippen molar-refractivity contribution in [2.45, 2.75) is 38.6 Å². The van der Waals surface area contributed by atoms with Crippen LogP contribution in [-0.2, 0) is 0 Å². The molecule has 96 valence electrons. The summed E-state index contributed by atoms with van der Waals surface area (Å²) in [5.41, 5.74) is 1.15. The van der Waals surface area contributed by atoms with E-state index in [1.807, 2.05) is 16.7 Å². The molecule has 4 nitrogen and oxygen atoms in total. The van der Waals surface area contributed by atoms with Crippen LogP contribution >= 0.6 is 0 Å². The van der Waals surface area contributed by atoms with Crippen molar-refractivity contribution < 1.29 is 0 Å². The van der Waals surface area contributed by atoms with Gasteiger partial charge in [-0.1, -0.05) is 13.8 Å². The SMILES string of the molecule is CC(C)c1ccc(C#N)c(=O)n1C1CCNCC1. The fourth-order valence-corrected chi connectivity index (χ4v) is 2.56. The predicted molar refractivity (Wildman–Crippen MR) is 70.6 cm³/mol. The quantitative estimate of drug-likeness (QED) is 0.864. The molecule has 18 heavy (non-hydrogen) atoms. The summed E-state index contributed by atoms with van der Waals surface area (Å²) < 4.78 is 1.85. The molecule has 0 spiro atoms. The zero-order valence-electron chi connectivity index (χ0n) is 10.9. The van der Waals surface area contributed by atoms with E-state index in [0.717, 1.165) is 31.6 Å². The van der Waals surface area contributed by atoms with E-state index in [1.54, 1.807) is 6.07 Å². The normalized spacial score (nSPS) is 16.8. The molecule has 1 aliphatic heterocycles. The summed E-state index contributed by atoms with van der Waals surface area (Å²) >= 11 is 0. The third-order valence-corrected chi connectivity index (χ3v) is 3.53. The zero-order valence-corrected chi connectivity index (χ0v) is 10.9. The second kappa shape index (κ2) is 5.36. The molecule has 1 aromatic rings. The first kappa shape index (κ1) is 12.8. The van der Waals surface area contributed by atoms with Gasteiger partial charge >= 0.3 is 0 Å². The molecular formula is C14H19N3O. The Morgan fingerprint density at radius 1 is 1.39 bits per heavy atom. The molecule has 0 amide bonds. The van der Waals surface area contributed by atoms with Crippen LogP contribution in [0, 0.1) is 11.3 Å². The van der Waals surface area contributed by atoms with Crippen LogP contribution in [0.5, 0.6) is 0 Å². The van der Waals surface area contributed by atoms with Gasteiger partial charge in [0.2, 0.25) is 0 Å². The van der Waals surface area contributed by atoms with Crippen molar-refractivity contribution in [1.29, 1.82) is 5.26 Å². The van der Waals surface area contributed by atoms with Crippen LogP contribution in [0.15, 0.2) is 16.9 Å². The number of rotatable bonds is 2. The van der Waals surface area contributed by atoms with Gasteiger partial charge in [-0.3, -0.25) is 4.79 Å². The number of hydrogen-bond acceptors (Lipinski definition) is 3. The summed E-state index contributed by atoms with van der Waals surface area (Å²) in [4.78, 5) is 12.3. The van der Waals surface area contributed by atoms with Gasteiger partial charge in [-0.25, -0.2) is 0 Å². The van der Waals surface area contributed by atoms with Crippen molar-refractivity contribution in [1.82, 2.24) is 9.88 Å². The first-order valence-electron chi connectivity index (χ1n) is 6.51. The van der Waals surface area contributed by atoms with E-state index in [-0.39, 0.29) is 17.2 Å². The predicted octanol–water partition coefficient (Wildman–Crippen LogP) is 1.77. The molecule has 1 N–H and O–H groups in total. The molecule has 0 saturated carbocycles. The molecule has 0 atom stereocenters. The monoisotopic (exact) mass is 245 g/mol. The second-order valence-electron chi connectivity index (χ2n) is 5.09. The van der Waals surface area contributed by atoms with Crippen LogP contribution < -0.4 is 10.9 Å². The molecule has 0 unspecified atom stereocenters. The fourth-order valence-electron chi connectivity index (χ4n) is 2.56. The Morgan fingerprint density at radius 2 is 2.06 bits per heavy atom. The lowest BCUT2D eigenvalue weighted by molar-refractivity contribution is 0.349. The highest BCUT2D eigenvalue weighted by atomic mass is 16.1. The number of aromatic nitrogens is 1. The minimum Gasteiger partial charge on any atom is -0.317 e. The molecule has 0 aromatic carbocycles. The molecule has 2 heterocycles. The van der Waals surface area contributed by atoms with Crippen LogP contribution in [-0.4, -0.2) is 17.7 Å². The van der Waals surface area contributed by atoms with E-state index in [4.69, 9.17) is 5.26 Å². The maximum Gasteiger partial charge on any atom is 0.268 e. The van der Waals surface area contributed by atoms with E-state index in [1.165, 1.54) is 0 Å². The molecule has 1 fully saturated rings. The van der Waals surface area contributed by atoms with Crippen molar-refractivity contribution >= 4 is 0 Å². The Morgan fingerprint density at radius 3 is 2.61 bits per heavy atom. The maximum atomic E-state index is 12.3. The molecule has 1 aliphatic rings. The van der Waals surface area contributed by atoms with Gasteiger partial charge in [0.25, 0.3) is 5.56 Å². The lowest BCUT2D eigenvalue weighted by atomic mass is 10.0. The van der Waals surface area contributed by atoms with Gasteiger partial charge in [-0.05, 0) is 44.0 Å². The van der Waals surface area contributed by atoms with E-state index >= 15 is 0 Å². The number of nitrogens with zero attached hydrogens (tertiary/aromatic N) is 2. The number of nitrogens with one attached hydrogen (secondary N) is 1. The summed E-state index contributed by atoms with van der Waals surface area (Å²) in [6.45, 7) is 6.04. The molecule has 0 bridgehead atoms. The Kier molecular flexibility index (Phi) is 3.83. The minimum atomic E-state index is -0.129. The van der Waals surface area contributed by atoms with Gasteiger partial charge in [-0.2, -0.15) is 5.26 Å². The van der Waals surface area contributed by atoms with Crippen LogP contribution in [0.1, 0.15) is 49.9 Å². The number of piperidine rings is 1. The van der Waals surface area contributed by atoms with Crippen molar-refractivity contribution in [3.63, 3.8) is 0 Å². The highest BCUT2D eigenvalue weighted by Gasteiger charge is 2.21. The van der Waals surface area contributed by atoms with Crippen LogP contribution in [0.3, 0.4) is 0 Å². The summed E-state index contributed by atoms with van der Waals surface area (Å²) in [5.74, 6) is 0.292. The molecule has 0 aliphatic carbocycles. The maximum absolute atomic E-state index is 12.3. The van der Waals surface area contributed by atoms with Crippen LogP contribution in [0.4, 0.5) is 0 Å². The Balaban J connectivity index is 2.54. The molecule has 1 saturated heterocycles. The molecular weight excluding hydrogens is 226 g/mol. The number of nitriles is 1. The van der Waals surface area contributed by atoms with Gasteiger partial charge in [0.1, 0.15) is 11.6 Å². The van der Waals surface area contributed by atoms with Crippen molar-refractivity contribution in [2.24, 2.45) is 0 Å².